The molecule has 0 radical (unpaired) electrons. The Labute approximate surface area is 160 Å². The SMILES string of the molecule is FC1=CC(F)CC=C1c1nc2sc3ccccc3n2c1NC1CCCCC1. The second kappa shape index (κ2) is 6.75. The molecule has 1 fully saturated rings. The largest absolute Gasteiger partial charge is 0.367 e. The molecule has 1 atom stereocenters. The average molecular weight is 385 g/mol. The monoisotopic (exact) mass is 385 g/mol. The minimum atomic E-state index is -1.26. The Kier molecular flexibility index (Phi) is 4.23. The minimum Gasteiger partial charge on any atom is -0.367 e. The summed E-state index contributed by atoms with van der Waals surface area (Å²) in [7, 11) is 0. The minimum absolute atomic E-state index is 0.192. The molecule has 1 N–H and O–H groups in total. The predicted octanol–water partition coefficient (Wildman–Crippen LogP) is 6.27. The van der Waals surface area contributed by atoms with Crippen LogP contribution < -0.4 is 5.32 Å². The number of aromatic nitrogens is 2. The van der Waals surface area contributed by atoms with Gasteiger partial charge in [-0.3, -0.25) is 4.40 Å². The lowest BCUT2D eigenvalue weighted by Crippen LogP contribution is -2.23. The Hall–Kier alpha value is -2.21. The summed E-state index contributed by atoms with van der Waals surface area (Å²) in [6.07, 6.45) is 7.54. The first-order valence-electron chi connectivity index (χ1n) is 9.59. The van der Waals surface area contributed by atoms with Gasteiger partial charge in [-0.25, -0.2) is 13.8 Å². The quantitative estimate of drug-likeness (QED) is 0.575. The van der Waals surface area contributed by atoms with Crippen molar-refractivity contribution in [2.24, 2.45) is 0 Å². The van der Waals surface area contributed by atoms with Crippen molar-refractivity contribution in [3.63, 3.8) is 0 Å². The Morgan fingerprint density at radius 1 is 1.15 bits per heavy atom. The normalized spacial score (nSPS) is 21.5. The summed E-state index contributed by atoms with van der Waals surface area (Å²) in [6.45, 7) is 0. The molecule has 3 nitrogen and oxygen atoms in total. The Balaban J connectivity index is 1.67. The summed E-state index contributed by atoms with van der Waals surface area (Å²) >= 11 is 1.59. The van der Waals surface area contributed by atoms with Crippen molar-refractivity contribution >= 4 is 37.9 Å². The van der Waals surface area contributed by atoms with Crippen LogP contribution in [-0.4, -0.2) is 21.6 Å². The van der Waals surface area contributed by atoms with E-state index in [-0.39, 0.29) is 6.42 Å². The number of thiazole rings is 1. The van der Waals surface area contributed by atoms with E-state index in [2.05, 4.69) is 21.9 Å². The van der Waals surface area contributed by atoms with Crippen molar-refractivity contribution in [2.45, 2.75) is 50.7 Å². The van der Waals surface area contributed by atoms with Crippen LogP contribution in [0.1, 0.15) is 44.2 Å². The summed E-state index contributed by atoms with van der Waals surface area (Å²) in [6, 6.07) is 8.52. The standard InChI is InChI=1S/C21H21F2N3S/c22-13-10-11-15(16(23)12-13)19-20(24-14-6-2-1-3-7-14)26-17-8-4-5-9-18(17)27-21(26)25-19/h4-5,8-9,11-14,24H,1-3,6-7,10H2. The molecule has 0 amide bonds. The number of benzene rings is 1. The summed E-state index contributed by atoms with van der Waals surface area (Å²) in [5, 5.41) is 3.66. The summed E-state index contributed by atoms with van der Waals surface area (Å²) < 4.78 is 31.4. The number of anilines is 1. The number of rotatable bonds is 3. The van der Waals surface area contributed by atoms with Crippen molar-refractivity contribution in [1.29, 1.82) is 0 Å². The molecule has 0 aliphatic heterocycles. The highest BCUT2D eigenvalue weighted by molar-refractivity contribution is 7.23. The molecule has 1 saturated carbocycles. The lowest BCUT2D eigenvalue weighted by molar-refractivity contribution is 0.394. The van der Waals surface area contributed by atoms with Crippen molar-refractivity contribution < 1.29 is 8.78 Å². The first-order chi connectivity index (χ1) is 13.2. The lowest BCUT2D eigenvalue weighted by atomic mass is 9.95. The fourth-order valence-corrected chi connectivity index (χ4v) is 5.16. The number of hydrogen-bond donors (Lipinski definition) is 1. The van der Waals surface area contributed by atoms with Gasteiger partial charge in [0.05, 0.1) is 10.2 Å². The first-order valence-corrected chi connectivity index (χ1v) is 10.4. The van der Waals surface area contributed by atoms with Crippen LogP contribution >= 0.6 is 11.3 Å². The van der Waals surface area contributed by atoms with Crippen molar-refractivity contribution in [3.8, 4) is 0 Å². The molecule has 27 heavy (non-hydrogen) atoms. The Bertz CT molecular complexity index is 1060. The second-order valence-corrected chi connectivity index (χ2v) is 8.37. The molecule has 2 aliphatic rings. The predicted molar refractivity (Wildman–Crippen MR) is 108 cm³/mol. The van der Waals surface area contributed by atoms with Crippen LogP contribution in [0.5, 0.6) is 0 Å². The maximum Gasteiger partial charge on any atom is 0.197 e. The molecular formula is C21H21F2N3S. The highest BCUT2D eigenvalue weighted by Gasteiger charge is 2.26. The van der Waals surface area contributed by atoms with Gasteiger partial charge in [-0.05, 0) is 31.1 Å². The number of halogens is 2. The molecule has 2 aromatic heterocycles. The molecule has 1 unspecified atom stereocenters. The molecule has 0 bridgehead atoms. The third-order valence-corrected chi connectivity index (χ3v) is 6.51. The van der Waals surface area contributed by atoms with E-state index in [1.54, 1.807) is 17.4 Å². The number of para-hydroxylation sites is 1. The molecule has 2 heterocycles. The maximum absolute atomic E-state index is 14.6. The third-order valence-electron chi connectivity index (χ3n) is 5.49. The molecule has 2 aliphatic carbocycles. The highest BCUT2D eigenvalue weighted by Crippen LogP contribution is 2.39. The lowest BCUT2D eigenvalue weighted by Gasteiger charge is -2.24. The highest BCUT2D eigenvalue weighted by atomic mass is 32.1. The molecular weight excluding hydrogens is 364 g/mol. The topological polar surface area (TPSA) is 29.3 Å². The van der Waals surface area contributed by atoms with Crippen LogP contribution in [0.15, 0.2) is 42.2 Å². The molecule has 5 rings (SSSR count). The summed E-state index contributed by atoms with van der Waals surface area (Å²) in [5.74, 6) is 0.317. The molecule has 140 valence electrons. The Morgan fingerprint density at radius 3 is 2.78 bits per heavy atom. The van der Waals surface area contributed by atoms with Crippen molar-refractivity contribution in [1.82, 2.24) is 9.38 Å². The fourth-order valence-electron chi connectivity index (χ4n) is 4.13. The number of fused-ring (bicyclic) bond motifs is 3. The fraction of sp³-hybridized carbons (Fsp3) is 0.381. The zero-order chi connectivity index (χ0) is 18.4. The molecule has 0 saturated heterocycles. The van der Waals surface area contributed by atoms with Gasteiger partial charge in [-0.15, -0.1) is 0 Å². The van der Waals surface area contributed by atoms with Gasteiger partial charge < -0.3 is 5.32 Å². The van der Waals surface area contributed by atoms with E-state index < -0.39 is 12.0 Å². The van der Waals surface area contributed by atoms with Gasteiger partial charge in [0.1, 0.15) is 23.5 Å². The number of hydrogen-bond acceptors (Lipinski definition) is 3. The number of alkyl halides is 1. The zero-order valence-electron chi connectivity index (χ0n) is 14.9. The molecule has 0 spiro atoms. The second-order valence-electron chi connectivity index (χ2n) is 7.36. The van der Waals surface area contributed by atoms with Gasteiger partial charge in [-0.1, -0.05) is 48.8 Å². The van der Waals surface area contributed by atoms with Gasteiger partial charge in [0, 0.05) is 18.0 Å². The van der Waals surface area contributed by atoms with Crippen molar-refractivity contribution in [2.75, 3.05) is 5.32 Å². The van der Waals surface area contributed by atoms with E-state index in [0.29, 0.717) is 17.3 Å². The molecule has 3 aromatic rings. The smallest absolute Gasteiger partial charge is 0.197 e. The zero-order valence-corrected chi connectivity index (χ0v) is 15.7. The molecule has 1 aromatic carbocycles. The van der Waals surface area contributed by atoms with Crippen LogP contribution in [0.3, 0.4) is 0 Å². The van der Waals surface area contributed by atoms with Gasteiger partial charge in [-0.2, -0.15) is 0 Å². The van der Waals surface area contributed by atoms with E-state index in [4.69, 9.17) is 4.98 Å². The Morgan fingerprint density at radius 2 is 1.96 bits per heavy atom. The van der Waals surface area contributed by atoms with Crippen molar-refractivity contribution in [3.05, 3.63) is 47.9 Å². The van der Waals surface area contributed by atoms with Gasteiger partial charge in [0.2, 0.25) is 0 Å². The molecule has 6 heteroatoms. The van der Waals surface area contributed by atoms with Crippen LogP contribution in [0, 0.1) is 0 Å². The van der Waals surface area contributed by atoms with Gasteiger partial charge in [0.25, 0.3) is 0 Å². The van der Waals surface area contributed by atoms with Crippen LogP contribution in [-0.2, 0) is 0 Å². The van der Waals surface area contributed by atoms with Gasteiger partial charge in [0.15, 0.2) is 4.96 Å². The van der Waals surface area contributed by atoms with Gasteiger partial charge >= 0.3 is 0 Å². The number of allylic oxidation sites excluding steroid dienone is 4. The van der Waals surface area contributed by atoms with E-state index >= 15 is 0 Å². The third kappa shape index (κ3) is 2.96. The van der Waals surface area contributed by atoms with E-state index in [0.717, 1.165) is 39.9 Å². The first kappa shape index (κ1) is 16.9. The van der Waals surface area contributed by atoms with E-state index in [1.807, 2.05) is 12.1 Å². The van der Waals surface area contributed by atoms with Crippen LogP contribution in [0.25, 0.3) is 20.8 Å². The van der Waals surface area contributed by atoms with Crippen LogP contribution in [0.4, 0.5) is 14.6 Å². The van der Waals surface area contributed by atoms with Crippen LogP contribution in [0.2, 0.25) is 0 Å². The summed E-state index contributed by atoms with van der Waals surface area (Å²) in [4.78, 5) is 5.60. The number of nitrogens with one attached hydrogen (secondary N) is 1. The maximum atomic E-state index is 14.6. The summed E-state index contributed by atoms with van der Waals surface area (Å²) in [5.41, 5.74) is 2.07. The van der Waals surface area contributed by atoms with E-state index in [1.165, 1.54) is 19.3 Å². The van der Waals surface area contributed by atoms with E-state index in [9.17, 15) is 8.78 Å². The number of nitrogens with zero attached hydrogens (tertiary/aromatic N) is 2. The average Bonchev–Trinajstić information content (AvgIpc) is 3.19. The number of imidazole rings is 1.